The number of rotatable bonds is 1. The fourth-order valence-electron chi connectivity index (χ4n) is 2.44. The van der Waals surface area contributed by atoms with Crippen LogP contribution in [-0.4, -0.2) is 4.98 Å². The average molecular weight is 245 g/mol. The Balaban J connectivity index is 2.03. The fourth-order valence-corrected chi connectivity index (χ4v) is 2.44. The van der Waals surface area contributed by atoms with Gasteiger partial charge in [0.1, 0.15) is 11.2 Å². The molecule has 0 amide bonds. The summed E-state index contributed by atoms with van der Waals surface area (Å²) in [5, 5.41) is 2.31. The summed E-state index contributed by atoms with van der Waals surface area (Å²) >= 11 is 0. The van der Waals surface area contributed by atoms with Gasteiger partial charge in [0.25, 0.3) is 0 Å². The summed E-state index contributed by atoms with van der Waals surface area (Å²) in [6.07, 6.45) is 3.67. The zero-order valence-corrected chi connectivity index (χ0v) is 10.2. The molecule has 0 aliphatic carbocycles. The minimum Gasteiger partial charge on any atom is -0.456 e. The first-order valence-corrected chi connectivity index (χ1v) is 6.23. The maximum atomic E-state index is 5.83. The highest BCUT2D eigenvalue weighted by Crippen LogP contribution is 2.31. The zero-order chi connectivity index (χ0) is 12.7. The molecule has 0 saturated carbocycles. The maximum absolute atomic E-state index is 5.83. The number of hydrogen-bond donors (Lipinski definition) is 0. The summed E-state index contributed by atoms with van der Waals surface area (Å²) in [5.41, 5.74) is 4.14. The molecule has 2 heteroatoms. The monoisotopic (exact) mass is 245 g/mol. The summed E-state index contributed by atoms with van der Waals surface area (Å²) in [7, 11) is 0. The molecular formula is C17H11NO. The first-order valence-electron chi connectivity index (χ1n) is 6.23. The van der Waals surface area contributed by atoms with Gasteiger partial charge in [-0.3, -0.25) is 4.98 Å². The van der Waals surface area contributed by atoms with Crippen LogP contribution in [0.15, 0.2) is 71.4 Å². The lowest BCUT2D eigenvalue weighted by Gasteiger charge is -2.00. The Hall–Kier alpha value is -2.61. The van der Waals surface area contributed by atoms with Crippen molar-refractivity contribution in [3.05, 3.63) is 67.0 Å². The summed E-state index contributed by atoms with van der Waals surface area (Å²) in [4.78, 5) is 4.17. The molecule has 2 heterocycles. The Morgan fingerprint density at radius 1 is 0.737 bits per heavy atom. The molecule has 4 aromatic rings. The van der Waals surface area contributed by atoms with Crippen molar-refractivity contribution in [1.29, 1.82) is 0 Å². The standard InChI is InChI=1S/C17H11NO/c1-2-6-16-14(5-1)15-10-12(7-8-17(15)19-16)13-4-3-9-18-11-13/h1-11H. The van der Waals surface area contributed by atoms with E-state index in [1.165, 1.54) is 0 Å². The van der Waals surface area contributed by atoms with Crippen LogP contribution in [0.5, 0.6) is 0 Å². The lowest BCUT2D eigenvalue weighted by molar-refractivity contribution is 0.669. The third kappa shape index (κ3) is 1.61. The van der Waals surface area contributed by atoms with E-state index in [4.69, 9.17) is 4.42 Å². The quantitative estimate of drug-likeness (QED) is 0.488. The van der Waals surface area contributed by atoms with Gasteiger partial charge < -0.3 is 4.42 Å². The van der Waals surface area contributed by atoms with Gasteiger partial charge in [-0.1, -0.05) is 30.3 Å². The molecule has 0 saturated heterocycles. The molecule has 0 aliphatic heterocycles. The molecule has 4 rings (SSSR count). The average Bonchev–Trinajstić information content (AvgIpc) is 2.86. The second-order valence-electron chi connectivity index (χ2n) is 4.55. The van der Waals surface area contributed by atoms with Gasteiger partial charge in [-0.05, 0) is 29.8 Å². The van der Waals surface area contributed by atoms with Crippen molar-refractivity contribution in [2.75, 3.05) is 0 Å². The van der Waals surface area contributed by atoms with Crippen LogP contribution in [0.4, 0.5) is 0 Å². The van der Waals surface area contributed by atoms with Gasteiger partial charge in [0.15, 0.2) is 0 Å². The Kier molecular flexibility index (Phi) is 2.15. The van der Waals surface area contributed by atoms with Crippen LogP contribution >= 0.6 is 0 Å². The first-order chi connectivity index (χ1) is 9.42. The molecule has 2 aromatic heterocycles. The summed E-state index contributed by atoms with van der Waals surface area (Å²) in [6.45, 7) is 0. The lowest BCUT2D eigenvalue weighted by atomic mass is 10.0. The normalized spacial score (nSPS) is 11.2. The Morgan fingerprint density at radius 3 is 2.53 bits per heavy atom. The highest BCUT2D eigenvalue weighted by atomic mass is 16.3. The van der Waals surface area contributed by atoms with Crippen molar-refractivity contribution in [1.82, 2.24) is 4.98 Å². The lowest BCUT2D eigenvalue weighted by Crippen LogP contribution is -1.78. The second kappa shape index (κ2) is 3.95. The van der Waals surface area contributed by atoms with E-state index in [2.05, 4.69) is 29.2 Å². The van der Waals surface area contributed by atoms with Gasteiger partial charge >= 0.3 is 0 Å². The summed E-state index contributed by atoms with van der Waals surface area (Å²) in [5.74, 6) is 0. The molecule has 19 heavy (non-hydrogen) atoms. The Labute approximate surface area is 110 Å². The number of benzene rings is 2. The summed E-state index contributed by atoms with van der Waals surface area (Å²) in [6, 6.07) is 18.4. The smallest absolute Gasteiger partial charge is 0.135 e. The third-order valence-corrected chi connectivity index (χ3v) is 3.37. The zero-order valence-electron chi connectivity index (χ0n) is 10.2. The van der Waals surface area contributed by atoms with E-state index in [9.17, 15) is 0 Å². The maximum Gasteiger partial charge on any atom is 0.135 e. The summed E-state index contributed by atoms with van der Waals surface area (Å²) < 4.78 is 5.83. The number of furan rings is 1. The van der Waals surface area contributed by atoms with Crippen LogP contribution < -0.4 is 0 Å². The number of fused-ring (bicyclic) bond motifs is 3. The molecule has 0 fully saturated rings. The van der Waals surface area contributed by atoms with Crippen molar-refractivity contribution < 1.29 is 4.42 Å². The van der Waals surface area contributed by atoms with Crippen LogP contribution in [-0.2, 0) is 0 Å². The predicted molar refractivity (Wildman–Crippen MR) is 77.0 cm³/mol. The fraction of sp³-hybridized carbons (Fsp3) is 0. The third-order valence-electron chi connectivity index (χ3n) is 3.37. The van der Waals surface area contributed by atoms with Crippen molar-refractivity contribution in [3.8, 4) is 11.1 Å². The van der Waals surface area contributed by atoms with E-state index < -0.39 is 0 Å². The molecule has 0 N–H and O–H groups in total. The van der Waals surface area contributed by atoms with Crippen molar-refractivity contribution in [2.45, 2.75) is 0 Å². The number of aromatic nitrogens is 1. The van der Waals surface area contributed by atoms with E-state index in [0.29, 0.717) is 0 Å². The largest absolute Gasteiger partial charge is 0.456 e. The van der Waals surface area contributed by atoms with E-state index in [0.717, 1.165) is 33.1 Å². The Bertz CT molecular complexity index is 862. The van der Waals surface area contributed by atoms with Crippen molar-refractivity contribution in [3.63, 3.8) is 0 Å². The van der Waals surface area contributed by atoms with Gasteiger partial charge in [0.05, 0.1) is 0 Å². The van der Waals surface area contributed by atoms with E-state index in [1.807, 2.05) is 36.5 Å². The molecule has 0 bridgehead atoms. The number of hydrogen-bond acceptors (Lipinski definition) is 2. The van der Waals surface area contributed by atoms with Crippen LogP contribution in [0.2, 0.25) is 0 Å². The second-order valence-corrected chi connectivity index (χ2v) is 4.55. The number of para-hydroxylation sites is 1. The molecule has 0 atom stereocenters. The first kappa shape index (κ1) is 10.3. The van der Waals surface area contributed by atoms with Crippen molar-refractivity contribution >= 4 is 21.9 Å². The highest BCUT2D eigenvalue weighted by Gasteiger charge is 2.07. The van der Waals surface area contributed by atoms with Gasteiger partial charge in [-0.15, -0.1) is 0 Å². The van der Waals surface area contributed by atoms with Gasteiger partial charge in [-0.2, -0.15) is 0 Å². The predicted octanol–water partition coefficient (Wildman–Crippen LogP) is 4.65. The molecule has 2 nitrogen and oxygen atoms in total. The number of nitrogens with zero attached hydrogens (tertiary/aromatic N) is 1. The minimum absolute atomic E-state index is 0.925. The Morgan fingerprint density at radius 2 is 1.63 bits per heavy atom. The van der Waals surface area contributed by atoms with Crippen LogP contribution in [0.25, 0.3) is 33.1 Å². The van der Waals surface area contributed by atoms with Crippen LogP contribution in [0.3, 0.4) is 0 Å². The van der Waals surface area contributed by atoms with Crippen molar-refractivity contribution in [2.24, 2.45) is 0 Å². The molecule has 0 radical (unpaired) electrons. The molecular weight excluding hydrogens is 234 g/mol. The van der Waals surface area contributed by atoms with E-state index >= 15 is 0 Å². The molecule has 2 aromatic carbocycles. The minimum atomic E-state index is 0.925. The van der Waals surface area contributed by atoms with Crippen LogP contribution in [0.1, 0.15) is 0 Å². The molecule has 0 spiro atoms. The van der Waals surface area contributed by atoms with E-state index in [1.54, 1.807) is 6.20 Å². The molecule has 90 valence electrons. The molecule has 0 unspecified atom stereocenters. The number of pyridine rings is 1. The highest BCUT2D eigenvalue weighted by molar-refractivity contribution is 6.06. The van der Waals surface area contributed by atoms with Gasteiger partial charge in [-0.25, -0.2) is 0 Å². The van der Waals surface area contributed by atoms with E-state index in [-0.39, 0.29) is 0 Å². The SMILES string of the molecule is c1cncc(-c2ccc3oc4ccccc4c3c2)c1. The van der Waals surface area contributed by atoms with Gasteiger partial charge in [0, 0.05) is 28.7 Å². The molecule has 0 aliphatic rings. The topological polar surface area (TPSA) is 26.0 Å². The van der Waals surface area contributed by atoms with Gasteiger partial charge in [0.2, 0.25) is 0 Å². The van der Waals surface area contributed by atoms with Crippen LogP contribution in [0, 0.1) is 0 Å².